The number of amides is 2. The van der Waals surface area contributed by atoms with Gasteiger partial charge in [0.15, 0.2) is 0 Å². The van der Waals surface area contributed by atoms with Crippen LogP contribution in [-0.4, -0.2) is 80.3 Å². The Hall–Kier alpha value is -0.890. The van der Waals surface area contributed by atoms with Gasteiger partial charge in [-0.3, -0.25) is 4.90 Å². The third-order valence-electron chi connectivity index (χ3n) is 4.41. The van der Waals surface area contributed by atoms with Crippen LogP contribution >= 0.6 is 0 Å². The summed E-state index contributed by atoms with van der Waals surface area (Å²) in [7, 11) is 1.71. The lowest BCUT2D eigenvalue weighted by atomic mass is 10.1. The smallest absolute Gasteiger partial charge is 0.315 e. The van der Waals surface area contributed by atoms with Gasteiger partial charge in [0.1, 0.15) is 6.10 Å². The van der Waals surface area contributed by atoms with Gasteiger partial charge in [0, 0.05) is 26.2 Å². The molecule has 0 saturated carbocycles. The normalized spacial score (nSPS) is 32.3. The quantitative estimate of drug-likeness (QED) is 0.613. The molecule has 2 saturated heterocycles. The minimum absolute atomic E-state index is 0.242. The fourth-order valence-corrected chi connectivity index (χ4v) is 3.18. The molecule has 2 fully saturated rings. The Morgan fingerprint density at radius 1 is 1.50 bits per heavy atom. The number of urea groups is 1. The maximum atomic E-state index is 11.7. The average molecular weight is 315 g/mol. The first-order valence-electron chi connectivity index (χ1n) is 8.22. The molecule has 0 bridgehead atoms. The van der Waals surface area contributed by atoms with E-state index >= 15 is 0 Å². The molecule has 0 aromatic carbocycles. The third kappa shape index (κ3) is 4.55. The Morgan fingerprint density at radius 3 is 3.05 bits per heavy atom. The molecule has 0 aromatic heterocycles. The highest BCUT2D eigenvalue weighted by atomic mass is 16.5. The first-order chi connectivity index (χ1) is 10.7. The van der Waals surface area contributed by atoms with E-state index in [2.05, 4.69) is 15.5 Å². The van der Waals surface area contributed by atoms with Crippen LogP contribution in [0.25, 0.3) is 0 Å². The van der Waals surface area contributed by atoms with E-state index in [0.717, 1.165) is 25.8 Å². The number of likely N-dealkylation sites (tertiary alicyclic amines) is 1. The monoisotopic (exact) mass is 315 g/mol. The van der Waals surface area contributed by atoms with E-state index in [0.29, 0.717) is 32.3 Å². The van der Waals surface area contributed by atoms with Gasteiger partial charge in [-0.25, -0.2) is 4.79 Å². The van der Waals surface area contributed by atoms with E-state index < -0.39 is 6.10 Å². The van der Waals surface area contributed by atoms with E-state index in [4.69, 9.17) is 9.47 Å². The molecule has 2 aliphatic heterocycles. The zero-order valence-electron chi connectivity index (χ0n) is 13.6. The van der Waals surface area contributed by atoms with Gasteiger partial charge in [-0.1, -0.05) is 6.92 Å². The summed E-state index contributed by atoms with van der Waals surface area (Å²) in [5.41, 5.74) is 0. The Kier molecular flexibility index (Phi) is 6.88. The zero-order valence-corrected chi connectivity index (χ0v) is 13.6. The topological polar surface area (TPSA) is 83.1 Å². The first-order valence-corrected chi connectivity index (χ1v) is 8.22. The fourth-order valence-electron chi connectivity index (χ4n) is 3.18. The first kappa shape index (κ1) is 17.5. The lowest BCUT2D eigenvalue weighted by Crippen LogP contribution is -2.50. The number of carbonyl (C=O) groups excluding carboxylic acids is 1. The SMILES string of the molecule is CCCNC(=O)N[C@H]1CO[C@@H](CN2CCC[C@@H]2COC)[C@@H]1O. The molecule has 7 nitrogen and oxygen atoms in total. The van der Waals surface area contributed by atoms with Crippen LogP contribution in [0.2, 0.25) is 0 Å². The summed E-state index contributed by atoms with van der Waals surface area (Å²) < 4.78 is 10.9. The molecule has 128 valence electrons. The van der Waals surface area contributed by atoms with Crippen molar-refractivity contribution in [2.24, 2.45) is 0 Å². The van der Waals surface area contributed by atoms with Crippen LogP contribution in [-0.2, 0) is 9.47 Å². The van der Waals surface area contributed by atoms with Gasteiger partial charge in [0.2, 0.25) is 0 Å². The highest BCUT2D eigenvalue weighted by Crippen LogP contribution is 2.22. The number of hydrogen-bond acceptors (Lipinski definition) is 5. The summed E-state index contributed by atoms with van der Waals surface area (Å²) in [5, 5.41) is 15.9. The molecule has 3 N–H and O–H groups in total. The van der Waals surface area contributed by atoms with Crippen LogP contribution in [0.1, 0.15) is 26.2 Å². The number of carbonyl (C=O) groups is 1. The van der Waals surface area contributed by atoms with Crippen LogP contribution in [0.3, 0.4) is 0 Å². The second-order valence-electron chi connectivity index (χ2n) is 6.12. The molecule has 2 amide bonds. The molecule has 7 heteroatoms. The second-order valence-corrected chi connectivity index (χ2v) is 6.12. The van der Waals surface area contributed by atoms with Crippen molar-refractivity contribution < 1.29 is 19.4 Å². The summed E-state index contributed by atoms with van der Waals surface area (Å²) in [4.78, 5) is 14.0. The van der Waals surface area contributed by atoms with Crippen LogP contribution in [0.4, 0.5) is 4.79 Å². The lowest BCUT2D eigenvalue weighted by molar-refractivity contribution is 0.00470. The molecular formula is C15H29N3O4. The zero-order chi connectivity index (χ0) is 15.9. The van der Waals surface area contributed by atoms with Crippen LogP contribution < -0.4 is 10.6 Å². The largest absolute Gasteiger partial charge is 0.388 e. The average Bonchev–Trinajstić information content (AvgIpc) is 3.07. The van der Waals surface area contributed by atoms with Gasteiger partial charge >= 0.3 is 6.03 Å². The lowest BCUT2D eigenvalue weighted by Gasteiger charge is -2.28. The van der Waals surface area contributed by atoms with Crippen LogP contribution in [0, 0.1) is 0 Å². The Morgan fingerprint density at radius 2 is 2.32 bits per heavy atom. The third-order valence-corrected chi connectivity index (χ3v) is 4.41. The Balaban J connectivity index is 1.78. The number of aliphatic hydroxyl groups excluding tert-OH is 1. The minimum atomic E-state index is -0.670. The van der Waals surface area contributed by atoms with E-state index in [1.807, 2.05) is 6.92 Å². The Bertz CT molecular complexity index is 356. The molecule has 0 aliphatic carbocycles. The van der Waals surface area contributed by atoms with Crippen molar-refractivity contribution in [3.8, 4) is 0 Å². The van der Waals surface area contributed by atoms with Gasteiger partial charge in [0.05, 0.1) is 25.4 Å². The summed E-state index contributed by atoms with van der Waals surface area (Å²) in [6, 6.07) is -0.181. The molecule has 0 radical (unpaired) electrons. The van der Waals surface area contributed by atoms with Crippen molar-refractivity contribution in [2.75, 3.05) is 40.0 Å². The number of rotatable bonds is 7. The van der Waals surface area contributed by atoms with Crippen molar-refractivity contribution in [1.29, 1.82) is 0 Å². The number of ether oxygens (including phenoxy) is 2. The molecular weight excluding hydrogens is 286 g/mol. The molecule has 2 aliphatic rings. The molecule has 0 aromatic rings. The van der Waals surface area contributed by atoms with E-state index in [9.17, 15) is 9.90 Å². The van der Waals surface area contributed by atoms with Crippen molar-refractivity contribution in [3.05, 3.63) is 0 Å². The predicted octanol–water partition coefficient (Wildman–Crippen LogP) is -0.0653. The summed E-state index contributed by atoms with van der Waals surface area (Å²) >= 11 is 0. The van der Waals surface area contributed by atoms with Gasteiger partial charge in [-0.2, -0.15) is 0 Å². The maximum Gasteiger partial charge on any atom is 0.315 e. The maximum absolute atomic E-state index is 11.7. The summed E-state index contributed by atoms with van der Waals surface area (Å²) in [6.45, 7) is 5.39. The van der Waals surface area contributed by atoms with E-state index in [1.165, 1.54) is 0 Å². The van der Waals surface area contributed by atoms with Crippen molar-refractivity contribution in [2.45, 2.75) is 50.5 Å². The number of aliphatic hydroxyl groups is 1. The summed E-state index contributed by atoms with van der Waals surface area (Å²) in [5.74, 6) is 0. The Labute approximate surface area is 132 Å². The minimum Gasteiger partial charge on any atom is -0.388 e. The fraction of sp³-hybridized carbons (Fsp3) is 0.933. The van der Waals surface area contributed by atoms with Gasteiger partial charge < -0.3 is 25.2 Å². The number of hydrogen-bond donors (Lipinski definition) is 3. The number of methoxy groups -OCH3 is 1. The van der Waals surface area contributed by atoms with Crippen LogP contribution in [0.15, 0.2) is 0 Å². The molecule has 2 rings (SSSR count). The summed E-state index contributed by atoms with van der Waals surface area (Å²) in [6.07, 6.45) is 2.23. The number of nitrogens with one attached hydrogen (secondary N) is 2. The van der Waals surface area contributed by atoms with Crippen molar-refractivity contribution in [3.63, 3.8) is 0 Å². The molecule has 2 heterocycles. The van der Waals surface area contributed by atoms with Gasteiger partial charge in [-0.15, -0.1) is 0 Å². The van der Waals surface area contributed by atoms with Crippen molar-refractivity contribution in [1.82, 2.24) is 15.5 Å². The van der Waals surface area contributed by atoms with Crippen molar-refractivity contribution >= 4 is 6.03 Å². The standard InChI is InChI=1S/C15H29N3O4/c1-3-6-16-15(20)17-12-10-22-13(14(12)19)8-18-7-4-5-11(18)9-21-2/h11-14,19H,3-10H2,1-2H3,(H2,16,17,20)/t11-,12+,13+,14-/m1/s1. The highest BCUT2D eigenvalue weighted by Gasteiger charge is 2.39. The van der Waals surface area contributed by atoms with E-state index in [1.54, 1.807) is 7.11 Å². The van der Waals surface area contributed by atoms with Gasteiger partial charge in [0.25, 0.3) is 0 Å². The molecule has 0 unspecified atom stereocenters. The second kappa shape index (κ2) is 8.67. The molecule has 4 atom stereocenters. The molecule has 22 heavy (non-hydrogen) atoms. The van der Waals surface area contributed by atoms with Crippen LogP contribution in [0.5, 0.6) is 0 Å². The number of nitrogens with zero attached hydrogens (tertiary/aromatic N) is 1. The highest BCUT2D eigenvalue weighted by molar-refractivity contribution is 5.74. The predicted molar refractivity (Wildman–Crippen MR) is 82.8 cm³/mol. The van der Waals surface area contributed by atoms with Gasteiger partial charge in [-0.05, 0) is 25.8 Å². The molecule has 0 spiro atoms. The van der Waals surface area contributed by atoms with E-state index in [-0.39, 0.29) is 18.2 Å².